The number of benzene rings is 2. The lowest BCUT2D eigenvalue weighted by Crippen LogP contribution is -2.24. The van der Waals surface area contributed by atoms with Gasteiger partial charge in [-0.05, 0) is 55.7 Å². The third kappa shape index (κ3) is 3.56. The molecule has 0 fully saturated rings. The third-order valence-electron chi connectivity index (χ3n) is 4.11. The van der Waals surface area contributed by atoms with Crippen LogP contribution < -0.4 is 5.32 Å². The van der Waals surface area contributed by atoms with E-state index >= 15 is 0 Å². The van der Waals surface area contributed by atoms with Crippen molar-refractivity contribution >= 4 is 32.5 Å². The summed E-state index contributed by atoms with van der Waals surface area (Å²) in [7, 11) is -3.86. The number of imidazole rings is 1. The Bertz CT molecular complexity index is 1070. The zero-order valence-electron chi connectivity index (χ0n) is 14.3. The van der Waals surface area contributed by atoms with Crippen molar-refractivity contribution in [1.29, 1.82) is 0 Å². The highest BCUT2D eigenvalue weighted by Crippen LogP contribution is 2.19. The smallest absolute Gasteiger partial charge is 0.240 e. The molecule has 0 radical (unpaired) electrons. The van der Waals surface area contributed by atoms with Crippen LogP contribution in [0.4, 0.5) is 5.69 Å². The van der Waals surface area contributed by atoms with E-state index in [0.29, 0.717) is 16.7 Å². The van der Waals surface area contributed by atoms with E-state index in [9.17, 15) is 13.2 Å². The summed E-state index contributed by atoms with van der Waals surface area (Å²) in [5, 5.41) is 2.47. The average Bonchev–Trinajstić information content (AvgIpc) is 2.95. The number of nitrogens with one attached hydrogen (secondary N) is 2. The van der Waals surface area contributed by atoms with Crippen LogP contribution in [0.3, 0.4) is 0 Å². The Balaban J connectivity index is 1.82. The van der Waals surface area contributed by atoms with Crippen molar-refractivity contribution in [2.24, 2.45) is 0 Å². The number of aromatic nitrogens is 2. The minimum Gasteiger partial charge on any atom is -0.329 e. The monoisotopic (exact) mass is 357 g/mol. The Morgan fingerprint density at radius 1 is 1.16 bits per heavy atom. The molecule has 0 saturated carbocycles. The number of sulfone groups is 1. The number of carbonyl (C=O) groups excluding carboxylic acids is 1. The molecule has 0 unspecified atom stereocenters. The number of nitrogens with zero attached hydrogens (tertiary/aromatic N) is 1. The summed E-state index contributed by atoms with van der Waals surface area (Å²) in [5.74, 6) is -1.26. The fourth-order valence-electron chi connectivity index (χ4n) is 2.56. The molecule has 1 heterocycles. The van der Waals surface area contributed by atoms with Gasteiger partial charge in [-0.15, -0.1) is 0 Å². The van der Waals surface area contributed by atoms with Gasteiger partial charge in [-0.1, -0.05) is 18.2 Å². The summed E-state index contributed by atoms with van der Waals surface area (Å²) < 4.78 is 25.0. The highest BCUT2D eigenvalue weighted by molar-refractivity contribution is 7.92. The molecule has 0 spiro atoms. The third-order valence-corrected chi connectivity index (χ3v) is 5.53. The van der Waals surface area contributed by atoms with Crippen molar-refractivity contribution in [3.05, 3.63) is 53.1 Å². The molecule has 2 N–H and O–H groups in total. The Morgan fingerprint density at radius 2 is 1.92 bits per heavy atom. The maximum absolute atomic E-state index is 12.5. The molecule has 7 heteroatoms. The Labute approximate surface area is 146 Å². The number of H-pyrrole nitrogens is 1. The number of carbonyl (C=O) groups is 1. The Hall–Kier alpha value is -2.67. The summed E-state index contributed by atoms with van der Waals surface area (Å²) in [6, 6.07) is 10.9. The molecule has 0 aliphatic heterocycles. The second-order valence-electron chi connectivity index (χ2n) is 6.12. The van der Waals surface area contributed by atoms with Gasteiger partial charge in [0.1, 0.15) is 5.75 Å². The second-order valence-corrected chi connectivity index (χ2v) is 8.02. The van der Waals surface area contributed by atoms with Crippen molar-refractivity contribution < 1.29 is 13.2 Å². The standard InChI is InChI=1S/C18H19N3O3S/c1-11-7-8-15-16(9-11)21-18(20-15)25(23,24)10-17(22)19-14-6-4-5-12(2)13(14)3/h4-9H,10H2,1-3H3,(H,19,22)(H,20,21). The first-order chi connectivity index (χ1) is 11.8. The number of aromatic amines is 1. The van der Waals surface area contributed by atoms with Crippen LogP contribution in [0.5, 0.6) is 0 Å². The summed E-state index contributed by atoms with van der Waals surface area (Å²) in [5.41, 5.74) is 4.72. The van der Waals surface area contributed by atoms with Crippen LogP contribution in [0.1, 0.15) is 16.7 Å². The normalized spacial score (nSPS) is 11.6. The van der Waals surface area contributed by atoms with Crippen LogP contribution in [0.25, 0.3) is 11.0 Å². The molecule has 25 heavy (non-hydrogen) atoms. The van der Waals surface area contributed by atoms with Crippen molar-refractivity contribution in [2.45, 2.75) is 25.9 Å². The number of hydrogen-bond acceptors (Lipinski definition) is 4. The molecule has 0 atom stereocenters. The van der Waals surface area contributed by atoms with Crippen LogP contribution in [-0.4, -0.2) is 30.0 Å². The molecular weight excluding hydrogens is 338 g/mol. The van der Waals surface area contributed by atoms with Crippen LogP contribution in [0.2, 0.25) is 0 Å². The van der Waals surface area contributed by atoms with Crippen LogP contribution in [0, 0.1) is 20.8 Å². The molecule has 1 aromatic heterocycles. The summed E-state index contributed by atoms with van der Waals surface area (Å²) in [4.78, 5) is 19.1. The van der Waals surface area contributed by atoms with Gasteiger partial charge in [0.05, 0.1) is 11.0 Å². The fraction of sp³-hybridized carbons (Fsp3) is 0.222. The first-order valence-electron chi connectivity index (χ1n) is 7.81. The van der Waals surface area contributed by atoms with E-state index in [1.165, 1.54) is 0 Å². The van der Waals surface area contributed by atoms with E-state index in [2.05, 4.69) is 15.3 Å². The topological polar surface area (TPSA) is 91.9 Å². The van der Waals surface area contributed by atoms with Gasteiger partial charge in [-0.3, -0.25) is 4.79 Å². The Kier molecular flexibility index (Phi) is 4.34. The van der Waals surface area contributed by atoms with Gasteiger partial charge in [0.25, 0.3) is 0 Å². The lowest BCUT2D eigenvalue weighted by molar-refractivity contribution is -0.113. The van der Waals surface area contributed by atoms with Gasteiger partial charge in [0.2, 0.25) is 20.9 Å². The summed E-state index contributed by atoms with van der Waals surface area (Å²) in [6.07, 6.45) is 0. The summed E-state index contributed by atoms with van der Waals surface area (Å²) in [6.45, 7) is 5.71. The predicted molar refractivity (Wildman–Crippen MR) is 97.4 cm³/mol. The molecule has 3 rings (SSSR count). The van der Waals surface area contributed by atoms with Crippen LogP contribution >= 0.6 is 0 Å². The second kappa shape index (κ2) is 6.33. The molecular formula is C18H19N3O3S. The number of amides is 1. The zero-order chi connectivity index (χ0) is 18.2. The van der Waals surface area contributed by atoms with Gasteiger partial charge in [-0.25, -0.2) is 13.4 Å². The van der Waals surface area contributed by atoms with Crippen molar-refractivity contribution in [2.75, 3.05) is 11.1 Å². The molecule has 0 aliphatic carbocycles. The summed E-state index contributed by atoms with van der Waals surface area (Å²) >= 11 is 0. The number of hydrogen-bond donors (Lipinski definition) is 2. The molecule has 0 bridgehead atoms. The minimum atomic E-state index is -3.86. The quantitative estimate of drug-likeness (QED) is 0.751. The highest BCUT2D eigenvalue weighted by Gasteiger charge is 2.23. The molecule has 130 valence electrons. The van der Waals surface area contributed by atoms with E-state index in [-0.39, 0.29) is 5.16 Å². The van der Waals surface area contributed by atoms with E-state index in [1.807, 2.05) is 45.0 Å². The molecule has 0 saturated heterocycles. The molecule has 1 amide bonds. The lowest BCUT2D eigenvalue weighted by Gasteiger charge is -2.10. The lowest BCUT2D eigenvalue weighted by atomic mass is 10.1. The zero-order valence-corrected chi connectivity index (χ0v) is 15.1. The Morgan fingerprint density at radius 3 is 2.68 bits per heavy atom. The van der Waals surface area contributed by atoms with E-state index < -0.39 is 21.5 Å². The van der Waals surface area contributed by atoms with Crippen molar-refractivity contribution in [1.82, 2.24) is 9.97 Å². The maximum Gasteiger partial charge on any atom is 0.240 e. The molecule has 6 nitrogen and oxygen atoms in total. The number of anilines is 1. The van der Waals surface area contributed by atoms with E-state index in [4.69, 9.17) is 0 Å². The van der Waals surface area contributed by atoms with Gasteiger partial charge in [0.15, 0.2) is 0 Å². The molecule has 3 aromatic rings. The SMILES string of the molecule is Cc1ccc2nc(S(=O)(=O)CC(=O)Nc3cccc(C)c3C)[nH]c2c1. The predicted octanol–water partition coefficient (Wildman–Crippen LogP) is 2.90. The van der Waals surface area contributed by atoms with E-state index in [0.717, 1.165) is 16.7 Å². The van der Waals surface area contributed by atoms with Gasteiger partial charge in [-0.2, -0.15) is 0 Å². The molecule has 0 aliphatic rings. The van der Waals surface area contributed by atoms with Crippen LogP contribution in [-0.2, 0) is 14.6 Å². The highest BCUT2D eigenvalue weighted by atomic mass is 32.2. The number of rotatable bonds is 4. The van der Waals surface area contributed by atoms with Crippen molar-refractivity contribution in [3.63, 3.8) is 0 Å². The number of fused-ring (bicyclic) bond motifs is 1. The first kappa shape index (κ1) is 17.2. The maximum atomic E-state index is 12.5. The minimum absolute atomic E-state index is 0.191. The van der Waals surface area contributed by atoms with Gasteiger partial charge in [0, 0.05) is 5.69 Å². The fourth-order valence-corrected chi connectivity index (χ4v) is 3.62. The van der Waals surface area contributed by atoms with Gasteiger partial charge < -0.3 is 10.3 Å². The first-order valence-corrected chi connectivity index (χ1v) is 9.47. The average molecular weight is 357 g/mol. The largest absolute Gasteiger partial charge is 0.329 e. The molecule has 2 aromatic carbocycles. The van der Waals surface area contributed by atoms with Gasteiger partial charge >= 0.3 is 0 Å². The number of aryl methyl sites for hydroxylation is 2. The van der Waals surface area contributed by atoms with E-state index in [1.54, 1.807) is 12.1 Å². The van der Waals surface area contributed by atoms with Crippen molar-refractivity contribution in [3.8, 4) is 0 Å². The van der Waals surface area contributed by atoms with Crippen LogP contribution in [0.15, 0.2) is 41.6 Å².